The summed E-state index contributed by atoms with van der Waals surface area (Å²) in [5.41, 5.74) is 1.59. The van der Waals surface area contributed by atoms with Gasteiger partial charge in [0.25, 0.3) is 5.56 Å². The van der Waals surface area contributed by atoms with Gasteiger partial charge in [0.15, 0.2) is 5.16 Å². The van der Waals surface area contributed by atoms with Crippen LogP contribution in [0.1, 0.15) is 37.2 Å². The number of aryl methyl sites for hydroxylation is 1. The summed E-state index contributed by atoms with van der Waals surface area (Å²) in [6, 6.07) is 7.05. The highest BCUT2D eigenvalue weighted by Gasteiger charge is 2.27. The number of rotatable bonds is 6. The van der Waals surface area contributed by atoms with Crippen LogP contribution >= 0.6 is 11.8 Å². The Hall–Kier alpha value is -2.15. The van der Waals surface area contributed by atoms with E-state index in [4.69, 9.17) is 0 Å². The molecule has 2 aromatic heterocycles. The molecule has 0 spiro atoms. The molecule has 0 radical (unpaired) electrons. The van der Waals surface area contributed by atoms with Crippen LogP contribution in [-0.2, 0) is 17.8 Å². The van der Waals surface area contributed by atoms with Crippen LogP contribution in [-0.4, -0.2) is 26.2 Å². The molecule has 126 valence electrons. The molecule has 0 saturated carbocycles. The van der Waals surface area contributed by atoms with Crippen LogP contribution in [0.15, 0.2) is 40.4 Å². The van der Waals surface area contributed by atoms with E-state index in [1.807, 2.05) is 18.2 Å². The number of hydrogen-bond acceptors (Lipinski definition) is 5. The molecule has 1 atom stereocenters. The Bertz CT molecular complexity index is 776. The lowest BCUT2D eigenvalue weighted by Crippen LogP contribution is -2.30. The Morgan fingerprint density at radius 3 is 3.04 bits per heavy atom. The number of fused-ring (bicyclic) bond motifs is 1. The average Bonchev–Trinajstić information content (AvgIpc) is 2.97. The molecule has 6 nitrogen and oxygen atoms in total. The first-order valence-corrected chi connectivity index (χ1v) is 9.07. The normalized spacial score (nSPS) is 16.0. The first kappa shape index (κ1) is 16.7. The van der Waals surface area contributed by atoms with Gasteiger partial charge in [0.1, 0.15) is 0 Å². The van der Waals surface area contributed by atoms with Gasteiger partial charge in [-0.2, -0.15) is 0 Å². The van der Waals surface area contributed by atoms with Crippen LogP contribution in [0.3, 0.4) is 0 Å². The van der Waals surface area contributed by atoms with Gasteiger partial charge < -0.3 is 5.32 Å². The van der Waals surface area contributed by atoms with Crippen LogP contribution in [0.5, 0.6) is 0 Å². The zero-order valence-corrected chi connectivity index (χ0v) is 14.4. The smallest absolute Gasteiger partial charge is 0.254 e. The lowest BCUT2D eigenvalue weighted by atomic mass is 10.2. The van der Waals surface area contributed by atoms with Crippen molar-refractivity contribution in [2.24, 2.45) is 0 Å². The van der Waals surface area contributed by atoms with Gasteiger partial charge in [0.05, 0.1) is 18.3 Å². The fraction of sp³-hybridized carbons (Fsp3) is 0.412. The van der Waals surface area contributed by atoms with E-state index < -0.39 is 0 Å². The Balaban J connectivity index is 1.64. The van der Waals surface area contributed by atoms with E-state index in [1.165, 1.54) is 0 Å². The van der Waals surface area contributed by atoms with Crippen molar-refractivity contribution in [3.63, 3.8) is 0 Å². The van der Waals surface area contributed by atoms with Crippen molar-refractivity contribution >= 4 is 17.7 Å². The SMILES string of the molecule is CCCc1cc(=O)n2c(n1)SC[C@H]2CC(=O)NCc1ccccn1. The van der Waals surface area contributed by atoms with E-state index in [-0.39, 0.29) is 23.9 Å². The predicted molar refractivity (Wildman–Crippen MR) is 93.0 cm³/mol. The van der Waals surface area contributed by atoms with Gasteiger partial charge in [-0.25, -0.2) is 4.98 Å². The topological polar surface area (TPSA) is 76.9 Å². The second-order valence-corrected chi connectivity index (χ2v) is 6.74. The van der Waals surface area contributed by atoms with Crippen LogP contribution < -0.4 is 10.9 Å². The molecule has 1 aliphatic heterocycles. The molecule has 1 aliphatic rings. The molecule has 1 amide bonds. The third-order valence-electron chi connectivity index (χ3n) is 3.86. The molecule has 0 saturated heterocycles. The summed E-state index contributed by atoms with van der Waals surface area (Å²) < 4.78 is 1.66. The average molecular weight is 344 g/mol. The van der Waals surface area contributed by atoms with Gasteiger partial charge in [-0.1, -0.05) is 31.2 Å². The summed E-state index contributed by atoms with van der Waals surface area (Å²) in [5, 5.41) is 3.59. The van der Waals surface area contributed by atoms with E-state index >= 15 is 0 Å². The minimum Gasteiger partial charge on any atom is -0.350 e. The molecule has 7 heteroatoms. The quantitative estimate of drug-likeness (QED) is 0.811. The molecule has 0 bridgehead atoms. The van der Waals surface area contributed by atoms with Crippen molar-refractivity contribution in [3.05, 3.63) is 52.2 Å². The summed E-state index contributed by atoms with van der Waals surface area (Å²) >= 11 is 1.55. The molecule has 1 N–H and O–H groups in total. The first-order valence-electron chi connectivity index (χ1n) is 8.09. The fourth-order valence-electron chi connectivity index (χ4n) is 2.71. The fourth-order valence-corrected chi connectivity index (χ4v) is 3.88. The Morgan fingerprint density at radius 2 is 2.29 bits per heavy atom. The maximum absolute atomic E-state index is 12.3. The molecule has 0 aromatic carbocycles. The third kappa shape index (κ3) is 3.84. The Labute approximate surface area is 144 Å². The number of thioether (sulfide) groups is 1. The molecule has 24 heavy (non-hydrogen) atoms. The number of amides is 1. The minimum absolute atomic E-state index is 0.0593. The van der Waals surface area contributed by atoms with Gasteiger partial charge in [-0.3, -0.25) is 19.1 Å². The first-order chi connectivity index (χ1) is 11.7. The molecule has 0 unspecified atom stereocenters. The van der Waals surface area contributed by atoms with Crippen molar-refractivity contribution in [3.8, 4) is 0 Å². The maximum atomic E-state index is 12.3. The van der Waals surface area contributed by atoms with E-state index in [0.717, 1.165) is 29.4 Å². The van der Waals surface area contributed by atoms with Crippen molar-refractivity contribution in [2.75, 3.05) is 5.75 Å². The van der Waals surface area contributed by atoms with Crippen LogP contribution in [0.4, 0.5) is 0 Å². The zero-order valence-electron chi connectivity index (χ0n) is 13.6. The number of nitrogens with one attached hydrogen (secondary N) is 1. The standard InChI is InChI=1S/C17H20N4O2S/c1-2-5-12-8-16(23)21-14(11-24-17(21)20-12)9-15(22)19-10-13-6-3-4-7-18-13/h3-4,6-8,14H,2,5,9-11H2,1H3,(H,19,22)/t14-/m1/s1. The number of hydrogen-bond donors (Lipinski definition) is 1. The monoisotopic (exact) mass is 344 g/mol. The largest absolute Gasteiger partial charge is 0.350 e. The highest BCUT2D eigenvalue weighted by atomic mass is 32.2. The molecule has 0 fully saturated rings. The van der Waals surface area contributed by atoms with Gasteiger partial charge in [0, 0.05) is 30.1 Å². The number of aromatic nitrogens is 3. The van der Waals surface area contributed by atoms with Crippen molar-refractivity contribution in [1.29, 1.82) is 0 Å². The summed E-state index contributed by atoms with van der Waals surface area (Å²) in [7, 11) is 0. The number of carbonyl (C=O) groups is 1. The molecule has 0 aliphatic carbocycles. The van der Waals surface area contributed by atoms with Crippen molar-refractivity contribution in [1.82, 2.24) is 19.9 Å². The van der Waals surface area contributed by atoms with Crippen LogP contribution in [0, 0.1) is 0 Å². The minimum atomic E-state index is -0.135. The van der Waals surface area contributed by atoms with E-state index in [0.29, 0.717) is 12.3 Å². The summed E-state index contributed by atoms with van der Waals surface area (Å²) in [5.74, 6) is 0.623. The van der Waals surface area contributed by atoms with Gasteiger partial charge in [-0.15, -0.1) is 0 Å². The number of pyridine rings is 1. The van der Waals surface area contributed by atoms with Gasteiger partial charge in [0.2, 0.25) is 5.91 Å². The van der Waals surface area contributed by atoms with Crippen LogP contribution in [0.25, 0.3) is 0 Å². The van der Waals surface area contributed by atoms with Crippen molar-refractivity contribution < 1.29 is 4.79 Å². The molecular weight excluding hydrogens is 324 g/mol. The lowest BCUT2D eigenvalue weighted by Gasteiger charge is -2.13. The predicted octanol–water partition coefficient (Wildman–Crippen LogP) is 1.94. The molecule has 3 rings (SSSR count). The van der Waals surface area contributed by atoms with Crippen molar-refractivity contribution in [2.45, 2.75) is 43.9 Å². The summed E-state index contributed by atoms with van der Waals surface area (Å²) in [6.07, 6.45) is 3.74. The summed E-state index contributed by atoms with van der Waals surface area (Å²) in [6.45, 7) is 2.46. The van der Waals surface area contributed by atoms with E-state index in [1.54, 1.807) is 28.6 Å². The molecule has 3 heterocycles. The highest BCUT2D eigenvalue weighted by molar-refractivity contribution is 7.99. The molecule has 2 aromatic rings. The number of nitrogens with zero attached hydrogens (tertiary/aromatic N) is 3. The van der Waals surface area contributed by atoms with Gasteiger partial charge in [-0.05, 0) is 18.6 Å². The third-order valence-corrected chi connectivity index (χ3v) is 4.96. The highest BCUT2D eigenvalue weighted by Crippen LogP contribution is 2.32. The Kier molecular flexibility index (Phi) is 5.30. The maximum Gasteiger partial charge on any atom is 0.254 e. The van der Waals surface area contributed by atoms with E-state index in [2.05, 4.69) is 22.2 Å². The Morgan fingerprint density at radius 1 is 1.42 bits per heavy atom. The number of carbonyl (C=O) groups excluding carboxylic acids is 1. The lowest BCUT2D eigenvalue weighted by molar-refractivity contribution is -0.121. The van der Waals surface area contributed by atoms with Crippen LogP contribution in [0.2, 0.25) is 0 Å². The van der Waals surface area contributed by atoms with Gasteiger partial charge >= 0.3 is 0 Å². The second kappa shape index (κ2) is 7.61. The zero-order chi connectivity index (χ0) is 16.9. The van der Waals surface area contributed by atoms with E-state index in [9.17, 15) is 9.59 Å². The molecular formula is C17H20N4O2S. The second-order valence-electron chi connectivity index (χ2n) is 5.76. The summed E-state index contributed by atoms with van der Waals surface area (Å²) in [4.78, 5) is 33.2.